The van der Waals surface area contributed by atoms with Crippen LogP contribution < -0.4 is 24.3 Å². The van der Waals surface area contributed by atoms with Crippen LogP contribution in [-0.2, 0) is 13.0 Å². The summed E-state index contributed by atoms with van der Waals surface area (Å²) in [7, 11) is 3.21. The highest BCUT2D eigenvalue weighted by Crippen LogP contribution is 2.40. The topological polar surface area (TPSA) is 78.0 Å². The summed E-state index contributed by atoms with van der Waals surface area (Å²) in [5, 5.41) is 3.67. The minimum absolute atomic E-state index is 0. The molecule has 0 atom stereocenters. The Hall–Kier alpha value is -2.88. The highest BCUT2D eigenvalue weighted by atomic mass is 35.5. The lowest BCUT2D eigenvalue weighted by molar-refractivity contribution is 0.164. The van der Waals surface area contributed by atoms with Crippen LogP contribution in [-0.4, -0.2) is 68.0 Å². The van der Waals surface area contributed by atoms with Gasteiger partial charge in [0, 0.05) is 30.8 Å². The van der Waals surface area contributed by atoms with Gasteiger partial charge in [0.05, 0.1) is 31.4 Å². The van der Waals surface area contributed by atoms with Crippen LogP contribution in [0.5, 0.6) is 23.1 Å². The number of ether oxygens (including phenoxy) is 4. The Morgan fingerprint density at radius 3 is 2.69 bits per heavy atom. The van der Waals surface area contributed by atoms with Crippen molar-refractivity contribution in [3.8, 4) is 23.1 Å². The van der Waals surface area contributed by atoms with E-state index < -0.39 is 0 Å². The summed E-state index contributed by atoms with van der Waals surface area (Å²) in [6.07, 6.45) is 3.94. The SMILES string of the molecule is COc1ccc2ncc(F)c(CCN3CCC(NCc4cc(OC)c5c(c4)OCCO5)CC3)c2n1.Cl. The molecule has 0 unspecified atom stereocenters. The molecule has 10 heteroatoms. The molecule has 0 aliphatic carbocycles. The zero-order valence-electron chi connectivity index (χ0n) is 20.6. The molecule has 0 amide bonds. The van der Waals surface area contributed by atoms with E-state index in [9.17, 15) is 4.39 Å². The van der Waals surface area contributed by atoms with E-state index in [1.54, 1.807) is 20.3 Å². The summed E-state index contributed by atoms with van der Waals surface area (Å²) in [5.41, 5.74) is 2.97. The zero-order valence-corrected chi connectivity index (χ0v) is 21.4. The van der Waals surface area contributed by atoms with Gasteiger partial charge in [0.2, 0.25) is 11.6 Å². The molecule has 0 saturated carbocycles. The minimum atomic E-state index is -0.315. The Morgan fingerprint density at radius 2 is 1.92 bits per heavy atom. The van der Waals surface area contributed by atoms with Crippen molar-refractivity contribution in [3.05, 3.63) is 47.4 Å². The molecule has 1 saturated heterocycles. The van der Waals surface area contributed by atoms with Crippen molar-refractivity contribution in [2.45, 2.75) is 31.8 Å². The average Bonchev–Trinajstić information content (AvgIpc) is 2.91. The molecule has 3 aromatic rings. The van der Waals surface area contributed by atoms with Crippen molar-refractivity contribution in [2.75, 3.05) is 47.1 Å². The molecular weight excluding hydrogens is 487 g/mol. The van der Waals surface area contributed by atoms with Crippen molar-refractivity contribution in [3.63, 3.8) is 0 Å². The van der Waals surface area contributed by atoms with Gasteiger partial charge < -0.3 is 29.2 Å². The predicted octanol–water partition coefficient (Wildman–Crippen LogP) is 3.78. The summed E-state index contributed by atoms with van der Waals surface area (Å²) >= 11 is 0. The third-order valence-electron chi connectivity index (χ3n) is 6.70. The predicted molar refractivity (Wildman–Crippen MR) is 137 cm³/mol. The van der Waals surface area contributed by atoms with Gasteiger partial charge in [0.15, 0.2) is 11.5 Å². The summed E-state index contributed by atoms with van der Waals surface area (Å²) in [6.45, 7) is 4.52. The lowest BCUT2D eigenvalue weighted by Gasteiger charge is -2.32. The highest BCUT2D eigenvalue weighted by molar-refractivity contribution is 5.85. The standard InChI is InChI=1S/C26H31FN4O4.ClH/c1-32-22-13-17(14-23-26(22)35-12-11-34-23)15-28-18-5-8-31(9-6-18)10-7-19-20(27)16-29-21-3-4-24(33-2)30-25(19)21;/h3-4,13-14,16,18,28H,5-12,15H2,1-2H3;1H. The second-order valence-electron chi connectivity index (χ2n) is 8.88. The number of methoxy groups -OCH3 is 2. The van der Waals surface area contributed by atoms with E-state index in [2.05, 4.69) is 20.2 Å². The van der Waals surface area contributed by atoms with E-state index in [-0.39, 0.29) is 18.2 Å². The van der Waals surface area contributed by atoms with Crippen LogP contribution in [0.25, 0.3) is 11.0 Å². The van der Waals surface area contributed by atoms with Crippen molar-refractivity contribution < 1.29 is 23.3 Å². The largest absolute Gasteiger partial charge is 0.493 e. The first-order chi connectivity index (χ1) is 17.1. The number of benzene rings is 1. The first-order valence-corrected chi connectivity index (χ1v) is 12.0. The highest BCUT2D eigenvalue weighted by Gasteiger charge is 2.22. The number of nitrogens with one attached hydrogen (secondary N) is 1. The molecule has 2 aliphatic heterocycles. The van der Waals surface area contributed by atoms with E-state index in [0.717, 1.165) is 50.3 Å². The number of pyridine rings is 2. The number of nitrogens with zero attached hydrogens (tertiary/aromatic N) is 3. The molecule has 36 heavy (non-hydrogen) atoms. The van der Waals surface area contributed by atoms with Gasteiger partial charge in [0.1, 0.15) is 19.0 Å². The molecule has 0 radical (unpaired) electrons. The van der Waals surface area contributed by atoms with Crippen LogP contribution in [0.3, 0.4) is 0 Å². The van der Waals surface area contributed by atoms with Crippen LogP contribution in [0.15, 0.2) is 30.5 Å². The summed E-state index contributed by atoms with van der Waals surface area (Å²) < 4.78 is 36.7. The van der Waals surface area contributed by atoms with Crippen molar-refractivity contribution >= 4 is 23.4 Å². The first kappa shape index (κ1) is 26.2. The number of hydrogen-bond acceptors (Lipinski definition) is 8. The molecule has 1 N–H and O–H groups in total. The second-order valence-corrected chi connectivity index (χ2v) is 8.88. The Balaban J connectivity index is 0.00000304. The average molecular weight is 519 g/mol. The van der Waals surface area contributed by atoms with Crippen LogP contribution in [0.4, 0.5) is 4.39 Å². The van der Waals surface area contributed by atoms with E-state index in [1.165, 1.54) is 6.20 Å². The second kappa shape index (κ2) is 11.9. The fourth-order valence-corrected chi connectivity index (χ4v) is 4.75. The van der Waals surface area contributed by atoms with E-state index in [0.29, 0.717) is 59.7 Å². The minimum Gasteiger partial charge on any atom is -0.493 e. The smallest absolute Gasteiger partial charge is 0.213 e. The number of likely N-dealkylation sites (tertiary alicyclic amines) is 1. The van der Waals surface area contributed by atoms with E-state index >= 15 is 0 Å². The molecule has 2 aliphatic rings. The number of piperidine rings is 1. The van der Waals surface area contributed by atoms with E-state index in [1.807, 2.05) is 18.2 Å². The Kier molecular flexibility index (Phi) is 8.66. The Morgan fingerprint density at radius 1 is 1.11 bits per heavy atom. The number of hydrogen-bond donors (Lipinski definition) is 1. The number of aromatic nitrogens is 2. The van der Waals surface area contributed by atoms with Crippen LogP contribution in [0.1, 0.15) is 24.0 Å². The lowest BCUT2D eigenvalue weighted by atomic mass is 10.0. The Labute approximate surface area is 216 Å². The van der Waals surface area contributed by atoms with Crippen molar-refractivity contribution in [1.29, 1.82) is 0 Å². The molecule has 0 bridgehead atoms. The van der Waals surface area contributed by atoms with Crippen molar-refractivity contribution in [1.82, 2.24) is 20.2 Å². The molecule has 1 aromatic carbocycles. The molecule has 8 nitrogen and oxygen atoms in total. The normalized spacial score (nSPS) is 16.0. The van der Waals surface area contributed by atoms with Gasteiger partial charge in [-0.1, -0.05) is 0 Å². The monoisotopic (exact) mass is 518 g/mol. The van der Waals surface area contributed by atoms with Gasteiger partial charge in [-0.3, -0.25) is 4.98 Å². The summed E-state index contributed by atoms with van der Waals surface area (Å²) in [6, 6.07) is 8.02. The van der Waals surface area contributed by atoms with Crippen LogP contribution in [0.2, 0.25) is 0 Å². The fourth-order valence-electron chi connectivity index (χ4n) is 4.75. The molecular formula is C26H32ClFN4O4. The molecule has 194 valence electrons. The fraction of sp³-hybridized carbons (Fsp3) is 0.462. The van der Waals surface area contributed by atoms with Gasteiger partial charge >= 0.3 is 0 Å². The summed E-state index contributed by atoms with van der Waals surface area (Å²) in [5.74, 6) is 2.28. The number of halogens is 2. The van der Waals surface area contributed by atoms with Gasteiger partial charge in [-0.05, 0) is 56.1 Å². The van der Waals surface area contributed by atoms with Crippen LogP contribution in [0, 0.1) is 5.82 Å². The third kappa shape index (κ3) is 5.74. The van der Waals surface area contributed by atoms with Gasteiger partial charge in [-0.2, -0.15) is 0 Å². The van der Waals surface area contributed by atoms with Crippen LogP contribution >= 0.6 is 12.4 Å². The maximum absolute atomic E-state index is 14.6. The molecule has 5 rings (SSSR count). The summed E-state index contributed by atoms with van der Waals surface area (Å²) in [4.78, 5) is 11.0. The Bertz CT molecular complexity index is 1170. The zero-order chi connectivity index (χ0) is 24.2. The quantitative estimate of drug-likeness (QED) is 0.483. The maximum Gasteiger partial charge on any atom is 0.213 e. The number of rotatable bonds is 8. The molecule has 0 spiro atoms. The van der Waals surface area contributed by atoms with Crippen molar-refractivity contribution in [2.24, 2.45) is 0 Å². The lowest BCUT2D eigenvalue weighted by Crippen LogP contribution is -2.42. The first-order valence-electron chi connectivity index (χ1n) is 12.0. The van der Waals surface area contributed by atoms with Gasteiger partial charge in [-0.15, -0.1) is 12.4 Å². The van der Waals surface area contributed by atoms with Gasteiger partial charge in [-0.25, -0.2) is 9.37 Å². The number of fused-ring (bicyclic) bond motifs is 2. The molecule has 4 heterocycles. The third-order valence-corrected chi connectivity index (χ3v) is 6.70. The van der Waals surface area contributed by atoms with E-state index in [4.69, 9.17) is 18.9 Å². The molecule has 2 aromatic heterocycles. The van der Waals surface area contributed by atoms with Gasteiger partial charge in [0.25, 0.3) is 0 Å². The molecule has 1 fully saturated rings. The maximum atomic E-state index is 14.6.